The van der Waals surface area contributed by atoms with E-state index in [1.54, 1.807) is 12.1 Å². The second-order valence-electron chi connectivity index (χ2n) is 7.84. The SMILES string of the molecule is CCCCCCCCc1ccc2c(C(N3CCC(=O)N3)C(F)(F)F)cccc2c1. The fraction of sp³-hybridized carbons (Fsp3) is 0.522. The van der Waals surface area contributed by atoms with Crippen LogP contribution in [-0.4, -0.2) is 23.6 Å². The minimum absolute atomic E-state index is 0.0511. The summed E-state index contributed by atoms with van der Waals surface area (Å²) in [6.07, 6.45) is 3.83. The second kappa shape index (κ2) is 9.61. The standard InChI is InChI=1S/C23H29F3N2O/c1-2-3-4-5-6-7-9-17-12-13-19-18(16-17)10-8-11-20(19)22(23(24,25)26)28-15-14-21(29)27-28/h8,10-13,16,22H,2-7,9,14-15H2,1H3,(H,27,29). The number of nitrogens with zero attached hydrogens (tertiary/aromatic N) is 1. The van der Waals surface area contributed by atoms with Crippen molar-refractivity contribution in [3.63, 3.8) is 0 Å². The van der Waals surface area contributed by atoms with E-state index < -0.39 is 12.2 Å². The molecule has 0 radical (unpaired) electrons. The molecule has 1 aliphatic heterocycles. The van der Waals surface area contributed by atoms with Crippen LogP contribution in [-0.2, 0) is 11.2 Å². The molecule has 1 heterocycles. The smallest absolute Gasteiger partial charge is 0.288 e. The van der Waals surface area contributed by atoms with Crippen molar-refractivity contribution in [2.75, 3.05) is 6.54 Å². The fourth-order valence-electron chi connectivity index (χ4n) is 4.07. The van der Waals surface area contributed by atoms with Gasteiger partial charge in [0.25, 0.3) is 0 Å². The minimum atomic E-state index is -4.48. The number of hydrazine groups is 1. The summed E-state index contributed by atoms with van der Waals surface area (Å²) in [5, 5.41) is 2.41. The zero-order valence-electron chi connectivity index (χ0n) is 16.9. The Hall–Kier alpha value is -2.08. The van der Waals surface area contributed by atoms with Crippen LogP contribution in [0.5, 0.6) is 0 Å². The third-order valence-electron chi connectivity index (χ3n) is 5.56. The first-order valence-electron chi connectivity index (χ1n) is 10.5. The van der Waals surface area contributed by atoms with Gasteiger partial charge in [0.2, 0.25) is 5.91 Å². The summed E-state index contributed by atoms with van der Waals surface area (Å²) in [5.74, 6) is -0.374. The largest absolute Gasteiger partial charge is 0.409 e. The van der Waals surface area contributed by atoms with Crippen molar-refractivity contribution in [1.82, 2.24) is 10.4 Å². The first kappa shape index (κ1) is 21.6. The normalized spacial score (nSPS) is 16.3. The van der Waals surface area contributed by atoms with Gasteiger partial charge in [0.05, 0.1) is 0 Å². The number of fused-ring (bicyclic) bond motifs is 1. The maximum absolute atomic E-state index is 13.9. The predicted octanol–water partition coefficient (Wildman–Crippen LogP) is 6.08. The van der Waals surface area contributed by atoms with Crippen LogP contribution in [0.4, 0.5) is 13.2 Å². The molecule has 2 aromatic carbocycles. The van der Waals surface area contributed by atoms with Crippen molar-refractivity contribution >= 4 is 16.7 Å². The molecule has 1 N–H and O–H groups in total. The van der Waals surface area contributed by atoms with Gasteiger partial charge in [-0.05, 0) is 34.7 Å². The van der Waals surface area contributed by atoms with Crippen molar-refractivity contribution in [2.24, 2.45) is 0 Å². The molecule has 2 aromatic rings. The molecule has 0 bridgehead atoms. The molecule has 1 saturated heterocycles. The predicted molar refractivity (Wildman–Crippen MR) is 109 cm³/mol. The Morgan fingerprint density at radius 2 is 1.83 bits per heavy atom. The number of benzene rings is 2. The van der Waals surface area contributed by atoms with Gasteiger partial charge in [-0.2, -0.15) is 13.2 Å². The zero-order valence-corrected chi connectivity index (χ0v) is 16.9. The van der Waals surface area contributed by atoms with Gasteiger partial charge in [0, 0.05) is 13.0 Å². The summed E-state index contributed by atoms with van der Waals surface area (Å²) < 4.78 is 41.7. The fourth-order valence-corrected chi connectivity index (χ4v) is 4.07. The molecular formula is C23H29F3N2O. The molecule has 3 rings (SSSR count). The molecule has 1 atom stereocenters. The number of aryl methyl sites for hydroxylation is 1. The highest BCUT2D eigenvalue weighted by molar-refractivity contribution is 5.87. The molecular weight excluding hydrogens is 377 g/mol. The second-order valence-corrected chi connectivity index (χ2v) is 7.84. The van der Waals surface area contributed by atoms with Crippen LogP contribution in [0.1, 0.15) is 69.0 Å². The van der Waals surface area contributed by atoms with Gasteiger partial charge < -0.3 is 0 Å². The number of rotatable bonds is 9. The molecule has 0 spiro atoms. The monoisotopic (exact) mass is 406 g/mol. The lowest BCUT2D eigenvalue weighted by Crippen LogP contribution is -2.43. The highest BCUT2D eigenvalue weighted by Gasteiger charge is 2.47. The Kier molecular flexibility index (Phi) is 7.17. The van der Waals surface area contributed by atoms with Gasteiger partial charge in [-0.15, -0.1) is 0 Å². The summed E-state index contributed by atoms with van der Waals surface area (Å²) in [5.41, 5.74) is 3.70. The molecule has 29 heavy (non-hydrogen) atoms. The maximum Gasteiger partial charge on any atom is 0.409 e. The van der Waals surface area contributed by atoms with Crippen molar-refractivity contribution in [3.8, 4) is 0 Å². The highest BCUT2D eigenvalue weighted by Crippen LogP contribution is 2.40. The third kappa shape index (κ3) is 5.50. The number of hydrogen-bond acceptors (Lipinski definition) is 2. The molecule has 0 aliphatic carbocycles. The quantitative estimate of drug-likeness (QED) is 0.512. The lowest BCUT2D eigenvalue weighted by Gasteiger charge is -2.30. The van der Waals surface area contributed by atoms with Gasteiger partial charge >= 0.3 is 6.18 Å². The van der Waals surface area contributed by atoms with Gasteiger partial charge in [-0.1, -0.05) is 75.4 Å². The van der Waals surface area contributed by atoms with E-state index in [1.165, 1.54) is 38.2 Å². The molecule has 1 unspecified atom stereocenters. The molecule has 1 fully saturated rings. The Labute approximate surface area is 170 Å². The van der Waals surface area contributed by atoms with Crippen LogP contribution >= 0.6 is 0 Å². The Bertz CT molecular complexity index is 834. The molecule has 3 nitrogen and oxygen atoms in total. The van der Waals surface area contributed by atoms with Crippen molar-refractivity contribution < 1.29 is 18.0 Å². The Balaban J connectivity index is 1.79. The Morgan fingerprint density at radius 1 is 1.07 bits per heavy atom. The van der Waals surface area contributed by atoms with Gasteiger partial charge in [-0.25, -0.2) is 5.01 Å². The van der Waals surface area contributed by atoms with Gasteiger partial charge in [0.1, 0.15) is 0 Å². The van der Waals surface area contributed by atoms with Crippen LogP contribution in [0, 0.1) is 0 Å². The summed E-state index contributed by atoms with van der Waals surface area (Å²) in [6, 6.07) is 8.94. The van der Waals surface area contributed by atoms with E-state index in [-0.39, 0.29) is 24.4 Å². The average Bonchev–Trinajstić information content (AvgIpc) is 3.09. The molecule has 6 heteroatoms. The van der Waals surface area contributed by atoms with E-state index in [0.717, 1.165) is 28.8 Å². The van der Waals surface area contributed by atoms with E-state index in [2.05, 4.69) is 12.3 Å². The number of amides is 1. The number of hydrogen-bond donors (Lipinski definition) is 1. The van der Waals surface area contributed by atoms with Crippen LogP contribution in [0.3, 0.4) is 0 Å². The highest BCUT2D eigenvalue weighted by atomic mass is 19.4. The van der Waals surface area contributed by atoms with Gasteiger partial charge in [0.15, 0.2) is 6.04 Å². The summed E-state index contributed by atoms with van der Waals surface area (Å²) in [4.78, 5) is 11.5. The van der Waals surface area contributed by atoms with E-state index >= 15 is 0 Å². The van der Waals surface area contributed by atoms with E-state index in [1.807, 2.05) is 18.2 Å². The van der Waals surface area contributed by atoms with E-state index in [0.29, 0.717) is 5.39 Å². The van der Waals surface area contributed by atoms with Gasteiger partial charge in [-0.3, -0.25) is 10.2 Å². The molecule has 0 saturated carbocycles. The number of alkyl halides is 3. The number of carbonyl (C=O) groups is 1. The summed E-state index contributed by atoms with van der Waals surface area (Å²) in [6.45, 7) is 2.25. The van der Waals surface area contributed by atoms with Crippen molar-refractivity contribution in [2.45, 2.75) is 70.5 Å². The minimum Gasteiger partial charge on any atom is -0.288 e. The zero-order chi connectivity index (χ0) is 20.9. The number of carbonyl (C=O) groups excluding carboxylic acids is 1. The molecule has 1 aliphatic rings. The molecule has 1 amide bonds. The number of unbranched alkanes of at least 4 members (excludes halogenated alkanes) is 5. The average molecular weight is 406 g/mol. The van der Waals surface area contributed by atoms with Crippen LogP contribution < -0.4 is 5.43 Å². The topological polar surface area (TPSA) is 32.3 Å². The van der Waals surface area contributed by atoms with E-state index in [9.17, 15) is 18.0 Å². The maximum atomic E-state index is 13.9. The lowest BCUT2D eigenvalue weighted by atomic mass is 9.95. The lowest BCUT2D eigenvalue weighted by molar-refractivity contribution is -0.190. The van der Waals surface area contributed by atoms with Crippen molar-refractivity contribution in [1.29, 1.82) is 0 Å². The van der Waals surface area contributed by atoms with Crippen LogP contribution in [0.15, 0.2) is 36.4 Å². The molecule has 158 valence electrons. The van der Waals surface area contributed by atoms with Crippen LogP contribution in [0.2, 0.25) is 0 Å². The van der Waals surface area contributed by atoms with E-state index in [4.69, 9.17) is 0 Å². The first-order chi connectivity index (χ1) is 13.9. The number of nitrogens with one attached hydrogen (secondary N) is 1. The first-order valence-corrected chi connectivity index (χ1v) is 10.5. The van der Waals surface area contributed by atoms with Crippen molar-refractivity contribution in [3.05, 3.63) is 47.5 Å². The summed E-state index contributed by atoms with van der Waals surface area (Å²) in [7, 11) is 0. The third-order valence-corrected chi connectivity index (χ3v) is 5.56. The summed E-state index contributed by atoms with van der Waals surface area (Å²) >= 11 is 0. The Morgan fingerprint density at radius 3 is 2.52 bits per heavy atom. The van der Waals surface area contributed by atoms with Crippen LogP contribution in [0.25, 0.3) is 10.8 Å². The number of halogens is 3. The molecule has 0 aromatic heterocycles.